The Balaban J connectivity index is 2.25. The minimum Gasteiger partial charge on any atom is -0.493 e. The van der Waals surface area contributed by atoms with E-state index < -0.39 is 28.1 Å². The Morgan fingerprint density at radius 3 is 2.31 bits per heavy atom. The average Bonchev–Trinajstić information content (AvgIpc) is 2.95. The molecule has 0 fully saturated rings. The number of halogens is 3. The van der Waals surface area contributed by atoms with Gasteiger partial charge in [-0.25, -0.2) is 13.4 Å². The van der Waals surface area contributed by atoms with Gasteiger partial charge in [0.25, 0.3) is 0 Å². The second kappa shape index (κ2) is 8.93. The van der Waals surface area contributed by atoms with Crippen LogP contribution in [-0.2, 0) is 9.84 Å². The van der Waals surface area contributed by atoms with Crippen LogP contribution in [0.4, 0.5) is 13.2 Å². The maximum Gasteiger partial charge on any atom is 0.429 e. The van der Waals surface area contributed by atoms with Crippen LogP contribution in [0.2, 0.25) is 0 Å². The number of nitrogens with zero attached hydrogens (tertiary/aromatic N) is 2. The standard InChI is InChI=1S/C22H23F3N2O4S/c1-13-11-14(6-8-18(13)32(4,28)29)20-21(27-19(9-10-26-20)22(23,24)25)15-5-7-16(30-2)17(12-15)31-3/h5-8,10,12-13H,9,11H2,1-4H3. The minimum absolute atomic E-state index is 0.0293. The van der Waals surface area contributed by atoms with Gasteiger partial charge in [-0.05, 0) is 42.2 Å². The first kappa shape index (κ1) is 23.8. The van der Waals surface area contributed by atoms with Crippen LogP contribution in [0.25, 0.3) is 5.70 Å². The van der Waals surface area contributed by atoms with Gasteiger partial charge in [0.05, 0.1) is 25.6 Å². The quantitative estimate of drug-likeness (QED) is 0.625. The van der Waals surface area contributed by atoms with Crippen molar-refractivity contribution in [2.75, 3.05) is 20.5 Å². The predicted octanol–water partition coefficient (Wildman–Crippen LogP) is 4.74. The molecule has 1 atom stereocenters. The molecule has 0 saturated heterocycles. The predicted molar refractivity (Wildman–Crippen MR) is 118 cm³/mol. The monoisotopic (exact) mass is 468 g/mol. The average molecular weight is 468 g/mol. The Hall–Kier alpha value is -2.88. The number of benzene rings is 1. The molecule has 0 N–H and O–H groups in total. The fourth-order valence-corrected chi connectivity index (χ4v) is 4.76. The van der Waals surface area contributed by atoms with E-state index in [-0.39, 0.29) is 22.2 Å². The van der Waals surface area contributed by atoms with E-state index >= 15 is 0 Å². The maximum absolute atomic E-state index is 13.5. The first-order valence-electron chi connectivity index (χ1n) is 9.70. The molecule has 1 aromatic rings. The highest BCUT2D eigenvalue weighted by Crippen LogP contribution is 2.39. The summed E-state index contributed by atoms with van der Waals surface area (Å²) in [6.45, 7) is 1.75. The van der Waals surface area contributed by atoms with Gasteiger partial charge in [0.1, 0.15) is 5.71 Å². The van der Waals surface area contributed by atoms with Crippen LogP contribution in [0.1, 0.15) is 25.3 Å². The summed E-state index contributed by atoms with van der Waals surface area (Å²) in [5.74, 6) is 0.398. The minimum atomic E-state index is -4.62. The topological polar surface area (TPSA) is 77.3 Å². The van der Waals surface area contributed by atoms with Gasteiger partial charge in [-0.2, -0.15) is 13.2 Å². The van der Waals surface area contributed by atoms with E-state index in [0.717, 1.165) is 6.26 Å². The molecule has 0 spiro atoms. The molecule has 32 heavy (non-hydrogen) atoms. The van der Waals surface area contributed by atoms with Gasteiger partial charge in [0, 0.05) is 29.4 Å². The normalized spacial score (nSPS) is 19.7. The summed E-state index contributed by atoms with van der Waals surface area (Å²) in [4.78, 5) is 8.55. The molecule has 1 unspecified atom stereocenters. The highest BCUT2D eigenvalue weighted by Gasteiger charge is 2.36. The van der Waals surface area contributed by atoms with E-state index in [9.17, 15) is 21.6 Å². The second-order valence-corrected chi connectivity index (χ2v) is 9.49. The van der Waals surface area contributed by atoms with Crippen molar-refractivity contribution in [1.29, 1.82) is 0 Å². The molecule has 1 heterocycles. The van der Waals surface area contributed by atoms with Crippen LogP contribution >= 0.6 is 0 Å². The van der Waals surface area contributed by atoms with Crippen molar-refractivity contribution < 1.29 is 31.1 Å². The molecule has 0 aromatic heterocycles. The van der Waals surface area contributed by atoms with Gasteiger partial charge in [-0.15, -0.1) is 0 Å². The molecule has 0 radical (unpaired) electrons. The van der Waals surface area contributed by atoms with Crippen molar-refractivity contribution in [2.24, 2.45) is 15.9 Å². The number of ether oxygens (including phenoxy) is 2. The van der Waals surface area contributed by atoms with Gasteiger partial charge in [0.15, 0.2) is 21.3 Å². The summed E-state index contributed by atoms with van der Waals surface area (Å²) in [6.07, 6.45) is 0.560. The summed E-state index contributed by atoms with van der Waals surface area (Å²) < 4.78 is 75.1. The number of rotatable bonds is 5. The van der Waals surface area contributed by atoms with Gasteiger partial charge in [-0.3, -0.25) is 4.99 Å². The summed E-state index contributed by atoms with van der Waals surface area (Å²) in [7, 11) is -0.509. The third-order valence-electron chi connectivity index (χ3n) is 5.15. The van der Waals surface area contributed by atoms with E-state index in [1.165, 1.54) is 32.6 Å². The fourth-order valence-electron chi connectivity index (χ4n) is 3.63. The Bertz CT molecular complexity index is 1180. The third kappa shape index (κ3) is 4.95. The van der Waals surface area contributed by atoms with Crippen LogP contribution in [0.3, 0.4) is 0 Å². The van der Waals surface area contributed by atoms with Gasteiger partial charge >= 0.3 is 6.18 Å². The van der Waals surface area contributed by atoms with E-state index in [2.05, 4.69) is 9.98 Å². The Labute approximate surface area is 184 Å². The molecule has 2 aliphatic rings. The molecular formula is C22H23F3N2O4S. The van der Waals surface area contributed by atoms with Crippen LogP contribution in [0.15, 0.2) is 56.5 Å². The number of methoxy groups -OCH3 is 2. The van der Waals surface area contributed by atoms with E-state index in [0.29, 0.717) is 29.1 Å². The second-order valence-electron chi connectivity index (χ2n) is 7.48. The highest BCUT2D eigenvalue weighted by molar-refractivity contribution is 7.94. The number of sulfone groups is 1. The fraction of sp³-hybridized carbons (Fsp3) is 0.364. The van der Waals surface area contributed by atoms with E-state index in [4.69, 9.17) is 9.47 Å². The first-order valence-corrected chi connectivity index (χ1v) is 11.6. The maximum atomic E-state index is 13.5. The number of alkyl halides is 3. The molecular weight excluding hydrogens is 445 g/mol. The Morgan fingerprint density at radius 2 is 1.75 bits per heavy atom. The number of aliphatic imine (C=N–C) groups is 2. The third-order valence-corrected chi connectivity index (χ3v) is 6.55. The van der Waals surface area contributed by atoms with Crippen molar-refractivity contribution in [3.63, 3.8) is 0 Å². The number of allylic oxidation sites excluding steroid dienone is 4. The molecule has 1 aliphatic carbocycles. The lowest BCUT2D eigenvalue weighted by atomic mass is 9.92. The van der Waals surface area contributed by atoms with Crippen LogP contribution in [0.5, 0.6) is 11.5 Å². The van der Waals surface area contributed by atoms with Gasteiger partial charge < -0.3 is 9.47 Å². The lowest BCUT2D eigenvalue weighted by molar-refractivity contribution is -0.0596. The summed E-state index contributed by atoms with van der Waals surface area (Å²) in [6, 6.07) is 4.70. The Morgan fingerprint density at radius 1 is 1.06 bits per heavy atom. The number of hydrogen-bond donors (Lipinski definition) is 0. The van der Waals surface area contributed by atoms with Crippen LogP contribution in [0, 0.1) is 5.92 Å². The Kier molecular flexibility index (Phi) is 6.64. The number of hydrogen-bond acceptors (Lipinski definition) is 6. The SMILES string of the molecule is COc1ccc(C2=C(C3=CC=C(S(C)(=O)=O)C(C)C3)N=CCC(C(F)(F)F)=N2)cc1OC. The molecule has 1 aromatic carbocycles. The zero-order valence-electron chi connectivity index (χ0n) is 18.0. The van der Waals surface area contributed by atoms with Gasteiger partial charge in [-0.1, -0.05) is 13.0 Å². The summed E-state index contributed by atoms with van der Waals surface area (Å²) in [5.41, 5.74) is 0.273. The first-order chi connectivity index (χ1) is 15.0. The molecule has 0 amide bonds. The molecule has 10 heteroatoms. The van der Waals surface area contributed by atoms with E-state index in [1.54, 1.807) is 25.1 Å². The van der Waals surface area contributed by atoms with Crippen molar-refractivity contribution >= 4 is 27.5 Å². The molecule has 3 rings (SSSR count). The van der Waals surface area contributed by atoms with Crippen LogP contribution < -0.4 is 9.47 Å². The van der Waals surface area contributed by atoms with Crippen molar-refractivity contribution in [3.05, 3.63) is 52.1 Å². The highest BCUT2D eigenvalue weighted by atomic mass is 32.2. The summed E-state index contributed by atoms with van der Waals surface area (Å²) in [5, 5.41) is 0. The van der Waals surface area contributed by atoms with E-state index in [1.807, 2.05) is 0 Å². The zero-order chi connectivity index (χ0) is 23.7. The molecule has 1 aliphatic heterocycles. The summed E-state index contributed by atoms with van der Waals surface area (Å²) >= 11 is 0. The zero-order valence-corrected chi connectivity index (χ0v) is 18.8. The van der Waals surface area contributed by atoms with Gasteiger partial charge in [0.2, 0.25) is 0 Å². The molecule has 172 valence electrons. The lowest BCUT2D eigenvalue weighted by Gasteiger charge is -2.22. The van der Waals surface area contributed by atoms with Crippen molar-refractivity contribution in [3.8, 4) is 11.5 Å². The molecule has 6 nitrogen and oxygen atoms in total. The molecule has 0 saturated carbocycles. The van der Waals surface area contributed by atoms with Crippen LogP contribution in [-0.4, -0.2) is 47.0 Å². The molecule has 0 bridgehead atoms. The van der Waals surface area contributed by atoms with Crippen molar-refractivity contribution in [1.82, 2.24) is 0 Å². The van der Waals surface area contributed by atoms with Crippen molar-refractivity contribution in [2.45, 2.75) is 25.9 Å². The largest absolute Gasteiger partial charge is 0.493 e. The smallest absolute Gasteiger partial charge is 0.429 e. The lowest BCUT2D eigenvalue weighted by Crippen LogP contribution is -2.23.